The Hall–Kier alpha value is 0.350. The number of esters is 1. The van der Waals surface area contributed by atoms with Crippen molar-refractivity contribution in [2.45, 2.75) is 6.29 Å². The molecule has 0 rings (SSSR count). The Morgan fingerprint density at radius 3 is 2.40 bits per heavy atom. The van der Waals surface area contributed by atoms with Gasteiger partial charge in [-0.3, -0.25) is 4.79 Å². The van der Waals surface area contributed by atoms with Crippen LogP contribution in [0, 0.1) is 0 Å². The third-order valence-electron chi connectivity index (χ3n) is 0.560. The number of hydrogen-bond acceptors (Lipinski definition) is 5. The first kappa shape index (κ1) is 13.0. The molecule has 0 atom stereocenters. The zero-order valence-corrected chi connectivity index (χ0v) is 4.78. The van der Waals surface area contributed by atoms with E-state index in [2.05, 4.69) is 4.74 Å². The predicted octanol–water partition coefficient (Wildman–Crippen LogP) is -2.85. The Labute approximate surface area is 80.5 Å². The Balaban J connectivity index is 0. The predicted molar refractivity (Wildman–Crippen MR) is 35.4 cm³/mol. The van der Waals surface area contributed by atoms with Crippen LogP contribution in [0.5, 0.6) is 0 Å². The van der Waals surface area contributed by atoms with Crippen LogP contribution >= 0.6 is 0 Å². The summed E-state index contributed by atoms with van der Waals surface area (Å²) in [7, 11) is 0. The first-order chi connectivity index (χ1) is 4.16. The molecule has 0 aliphatic heterocycles. The molecule has 0 aliphatic carbocycles. The fraction of sp³-hybridized carbons (Fsp3) is 0.750. The zero-order valence-electron chi connectivity index (χ0n) is 4.78. The second-order valence-electron chi connectivity index (χ2n) is 1.37. The van der Waals surface area contributed by atoms with Crippen molar-refractivity contribution >= 4 is 35.5 Å². The van der Waals surface area contributed by atoms with Crippen molar-refractivity contribution in [3.63, 3.8) is 0 Å². The van der Waals surface area contributed by atoms with Gasteiger partial charge in [-0.15, -0.1) is 0 Å². The molecule has 0 spiro atoms. The summed E-state index contributed by atoms with van der Waals surface area (Å²) < 4.78 is 4.19. The second-order valence-corrected chi connectivity index (χ2v) is 1.37. The second kappa shape index (κ2) is 7.46. The monoisotopic (exact) mass is 159 g/mol. The van der Waals surface area contributed by atoms with Gasteiger partial charge in [0.1, 0.15) is 6.61 Å². The molecule has 0 bridgehead atoms. The summed E-state index contributed by atoms with van der Waals surface area (Å²) in [5.41, 5.74) is 4.82. The number of ether oxygens (including phenoxy) is 1. The minimum absolute atomic E-state index is 0. The van der Waals surface area contributed by atoms with Crippen LogP contribution in [-0.4, -0.2) is 65.2 Å². The number of nitrogens with two attached hydrogens (primary N) is 1. The SMILES string of the molecule is NCC(=O)OCC(O)O.[NaH]. The zero-order chi connectivity index (χ0) is 7.28. The van der Waals surface area contributed by atoms with Gasteiger partial charge < -0.3 is 20.7 Å². The summed E-state index contributed by atoms with van der Waals surface area (Å²) in [5.74, 6) is -0.650. The molecule has 0 aliphatic rings. The van der Waals surface area contributed by atoms with Gasteiger partial charge in [-0.25, -0.2) is 0 Å². The maximum absolute atomic E-state index is 10.1. The van der Waals surface area contributed by atoms with Crippen LogP contribution in [0.2, 0.25) is 0 Å². The van der Waals surface area contributed by atoms with E-state index in [1.54, 1.807) is 0 Å². The third kappa shape index (κ3) is 8.35. The van der Waals surface area contributed by atoms with Gasteiger partial charge in [-0.2, -0.15) is 0 Å². The number of hydrogen-bond donors (Lipinski definition) is 3. The molecule has 0 heterocycles. The molecule has 56 valence electrons. The van der Waals surface area contributed by atoms with Crippen LogP contribution in [0.4, 0.5) is 0 Å². The molecule has 6 heteroatoms. The summed E-state index contributed by atoms with van der Waals surface area (Å²) in [6.07, 6.45) is -1.61. The quantitative estimate of drug-likeness (QED) is 0.234. The van der Waals surface area contributed by atoms with Crippen LogP contribution in [0.3, 0.4) is 0 Å². The van der Waals surface area contributed by atoms with Crippen molar-refractivity contribution in [1.82, 2.24) is 0 Å². The van der Waals surface area contributed by atoms with E-state index in [-0.39, 0.29) is 36.1 Å². The van der Waals surface area contributed by atoms with Crippen molar-refractivity contribution < 1.29 is 19.7 Å². The van der Waals surface area contributed by atoms with E-state index in [0.717, 1.165) is 0 Å². The van der Waals surface area contributed by atoms with Gasteiger partial charge in [0, 0.05) is 0 Å². The van der Waals surface area contributed by atoms with Crippen molar-refractivity contribution in [3.8, 4) is 0 Å². The summed E-state index contributed by atoms with van der Waals surface area (Å²) >= 11 is 0. The summed E-state index contributed by atoms with van der Waals surface area (Å²) in [6, 6.07) is 0. The van der Waals surface area contributed by atoms with E-state index in [4.69, 9.17) is 15.9 Å². The molecule has 4 N–H and O–H groups in total. The van der Waals surface area contributed by atoms with Gasteiger partial charge in [0.25, 0.3) is 0 Å². The average molecular weight is 159 g/mol. The summed E-state index contributed by atoms with van der Waals surface area (Å²) in [6.45, 7) is -0.664. The minimum atomic E-state index is -1.61. The Morgan fingerprint density at radius 1 is 1.60 bits per heavy atom. The van der Waals surface area contributed by atoms with Crippen LogP contribution in [-0.2, 0) is 9.53 Å². The standard InChI is InChI=1S/C4H9NO4.Na.H/c5-1-4(8)9-2-3(6)7;;/h3,6-7H,1-2,5H2;;. The summed E-state index contributed by atoms with van der Waals surface area (Å²) in [4.78, 5) is 10.1. The molecule has 0 aromatic rings. The molecular formula is C4H10NNaO4. The summed E-state index contributed by atoms with van der Waals surface area (Å²) in [5, 5.41) is 16.3. The average Bonchev–Trinajstić information content (AvgIpc) is 1.83. The Kier molecular flexibility index (Phi) is 9.68. The first-order valence-electron chi connectivity index (χ1n) is 2.38. The Morgan fingerprint density at radius 2 is 2.10 bits per heavy atom. The fourth-order valence-corrected chi connectivity index (χ4v) is 0.226. The van der Waals surface area contributed by atoms with E-state index < -0.39 is 18.9 Å². The molecule has 0 fully saturated rings. The number of carbonyl (C=O) groups excluding carboxylic acids is 1. The molecular weight excluding hydrogens is 149 g/mol. The van der Waals surface area contributed by atoms with E-state index in [9.17, 15) is 4.79 Å². The number of aliphatic hydroxyl groups is 2. The molecule has 10 heavy (non-hydrogen) atoms. The number of carbonyl (C=O) groups is 1. The van der Waals surface area contributed by atoms with E-state index in [1.807, 2.05) is 0 Å². The van der Waals surface area contributed by atoms with Gasteiger partial charge in [0.2, 0.25) is 0 Å². The first-order valence-corrected chi connectivity index (χ1v) is 2.38. The van der Waals surface area contributed by atoms with Crippen LogP contribution in [0.25, 0.3) is 0 Å². The van der Waals surface area contributed by atoms with E-state index in [0.29, 0.717) is 0 Å². The molecule has 0 amide bonds. The number of rotatable bonds is 3. The molecule has 0 aromatic heterocycles. The molecule has 5 nitrogen and oxygen atoms in total. The Bertz CT molecular complexity index is 97.3. The molecule has 0 aromatic carbocycles. The van der Waals surface area contributed by atoms with Crippen LogP contribution in [0.1, 0.15) is 0 Å². The molecule has 0 saturated carbocycles. The van der Waals surface area contributed by atoms with Crippen molar-refractivity contribution in [3.05, 3.63) is 0 Å². The molecule has 0 radical (unpaired) electrons. The number of aliphatic hydroxyl groups excluding tert-OH is 1. The van der Waals surface area contributed by atoms with Crippen LogP contribution < -0.4 is 5.73 Å². The van der Waals surface area contributed by atoms with Gasteiger partial charge in [-0.05, 0) is 0 Å². The van der Waals surface area contributed by atoms with Crippen molar-refractivity contribution in [2.24, 2.45) is 5.73 Å². The maximum atomic E-state index is 10.1. The third-order valence-corrected chi connectivity index (χ3v) is 0.560. The fourth-order valence-electron chi connectivity index (χ4n) is 0.226. The van der Waals surface area contributed by atoms with Gasteiger partial charge in [-0.1, -0.05) is 0 Å². The van der Waals surface area contributed by atoms with E-state index in [1.165, 1.54) is 0 Å². The van der Waals surface area contributed by atoms with Crippen molar-refractivity contribution in [1.29, 1.82) is 0 Å². The van der Waals surface area contributed by atoms with E-state index >= 15 is 0 Å². The normalized spacial score (nSPS) is 8.80. The van der Waals surface area contributed by atoms with Crippen molar-refractivity contribution in [2.75, 3.05) is 13.2 Å². The molecule has 0 unspecified atom stereocenters. The topological polar surface area (TPSA) is 92.8 Å². The van der Waals surface area contributed by atoms with Gasteiger partial charge in [0.15, 0.2) is 6.29 Å². The van der Waals surface area contributed by atoms with Crippen LogP contribution in [0.15, 0.2) is 0 Å². The molecule has 0 saturated heterocycles. The van der Waals surface area contributed by atoms with Gasteiger partial charge in [0.05, 0.1) is 6.54 Å². The van der Waals surface area contributed by atoms with Gasteiger partial charge >= 0.3 is 35.5 Å².